The van der Waals surface area contributed by atoms with Crippen LogP contribution in [0.2, 0.25) is 0 Å². The molecule has 0 aromatic carbocycles. The van der Waals surface area contributed by atoms with Gasteiger partial charge in [-0.1, -0.05) is 0 Å². The Bertz CT molecular complexity index is 432. The van der Waals surface area contributed by atoms with Gasteiger partial charge in [-0.05, 0) is 0 Å². The van der Waals surface area contributed by atoms with E-state index in [0.717, 1.165) is 0 Å². The van der Waals surface area contributed by atoms with Crippen LogP contribution in [0.3, 0.4) is 0 Å². The molecule has 0 aromatic heterocycles. The zero-order valence-corrected chi connectivity index (χ0v) is 14.3. The summed E-state index contributed by atoms with van der Waals surface area (Å²) in [6.45, 7) is -1.52. The first kappa shape index (κ1) is 23.9. The molecule has 150 valence electrons. The fourth-order valence-electron chi connectivity index (χ4n) is 1.82. The smallest absolute Gasteiger partial charge is 0.305 e. The van der Waals surface area contributed by atoms with Gasteiger partial charge in [0.1, 0.15) is 18.4 Å². The first-order chi connectivity index (χ1) is 12.3. The molecule has 0 spiro atoms. The number of carboxylic acids is 2. The van der Waals surface area contributed by atoms with Crippen LogP contribution in [0.15, 0.2) is 0 Å². The van der Waals surface area contributed by atoms with E-state index in [1.54, 1.807) is 0 Å². The van der Waals surface area contributed by atoms with Gasteiger partial charge in [0.2, 0.25) is 5.91 Å². The van der Waals surface area contributed by atoms with Gasteiger partial charge in [-0.15, -0.1) is 0 Å². The number of nitrogens with one attached hydrogen (secondary N) is 1. The molecule has 0 saturated carbocycles. The fourth-order valence-corrected chi connectivity index (χ4v) is 1.82. The van der Waals surface area contributed by atoms with Gasteiger partial charge in [-0.3, -0.25) is 14.4 Å². The summed E-state index contributed by atoms with van der Waals surface area (Å²) in [5.41, 5.74) is -1.28. The molecule has 0 fully saturated rings. The van der Waals surface area contributed by atoms with E-state index in [1.807, 2.05) is 0 Å². The van der Waals surface area contributed by atoms with Gasteiger partial charge in [0.25, 0.3) is 0 Å². The van der Waals surface area contributed by atoms with Gasteiger partial charge < -0.3 is 39.6 Å². The summed E-state index contributed by atoms with van der Waals surface area (Å²) in [7, 11) is 0. The third kappa shape index (κ3) is 12.3. The van der Waals surface area contributed by atoms with Crippen LogP contribution < -0.4 is 5.32 Å². The van der Waals surface area contributed by atoms with Gasteiger partial charge in [0.05, 0.1) is 52.5 Å². The Morgan fingerprint density at radius 3 is 1.73 bits per heavy atom. The molecule has 0 aliphatic carbocycles. The summed E-state index contributed by atoms with van der Waals surface area (Å²) in [6, 6.07) is 0. The Labute approximate surface area is 150 Å². The molecular weight excluding hydrogens is 354 g/mol. The van der Waals surface area contributed by atoms with Gasteiger partial charge >= 0.3 is 11.9 Å². The molecular formula is C15H25NO10. The topological polar surface area (TPSA) is 169 Å². The Morgan fingerprint density at radius 1 is 0.885 bits per heavy atom. The van der Waals surface area contributed by atoms with E-state index < -0.39 is 30.0 Å². The second-order valence-electron chi connectivity index (χ2n) is 5.39. The maximum Gasteiger partial charge on any atom is 0.305 e. The number of aldehydes is 1. The lowest BCUT2D eigenvalue weighted by atomic mass is 10.0. The Balaban J connectivity index is 4.91. The third-order valence-electron chi connectivity index (χ3n) is 2.98. The van der Waals surface area contributed by atoms with E-state index in [-0.39, 0.29) is 58.9 Å². The van der Waals surface area contributed by atoms with Crippen molar-refractivity contribution in [3.63, 3.8) is 0 Å². The van der Waals surface area contributed by atoms with Gasteiger partial charge in [0, 0.05) is 6.42 Å². The summed E-state index contributed by atoms with van der Waals surface area (Å²) in [5.74, 6) is -2.86. The number of carbonyl (C=O) groups is 4. The second kappa shape index (κ2) is 14.1. The van der Waals surface area contributed by atoms with E-state index >= 15 is 0 Å². The molecule has 0 unspecified atom stereocenters. The van der Waals surface area contributed by atoms with Gasteiger partial charge in [-0.2, -0.15) is 0 Å². The number of aliphatic hydroxyl groups is 1. The molecule has 11 nitrogen and oxygen atoms in total. The zero-order chi connectivity index (χ0) is 19.8. The van der Waals surface area contributed by atoms with E-state index in [4.69, 9.17) is 29.5 Å². The molecule has 0 radical (unpaired) electrons. The first-order valence-corrected chi connectivity index (χ1v) is 7.87. The Kier molecular flexibility index (Phi) is 13.0. The number of carboxylic acid groups (broad SMARTS) is 2. The van der Waals surface area contributed by atoms with Crippen molar-refractivity contribution in [3.8, 4) is 0 Å². The van der Waals surface area contributed by atoms with Crippen molar-refractivity contribution >= 4 is 24.1 Å². The summed E-state index contributed by atoms with van der Waals surface area (Å²) >= 11 is 0. The SMILES string of the molecule is O=CCCOCC(COCCC(=O)O)(COCCC(=O)O)NC(=O)CO. The lowest BCUT2D eigenvalue weighted by Crippen LogP contribution is -2.59. The van der Waals surface area contributed by atoms with Gasteiger partial charge in [-0.25, -0.2) is 0 Å². The van der Waals surface area contributed by atoms with Crippen LogP contribution >= 0.6 is 0 Å². The van der Waals surface area contributed by atoms with Crippen LogP contribution in [0, 0.1) is 0 Å². The highest BCUT2D eigenvalue weighted by Crippen LogP contribution is 2.10. The predicted octanol–water partition coefficient (Wildman–Crippen LogP) is -1.58. The average molecular weight is 379 g/mol. The minimum atomic E-state index is -1.28. The van der Waals surface area contributed by atoms with E-state index in [0.29, 0.717) is 6.29 Å². The van der Waals surface area contributed by atoms with Crippen molar-refractivity contribution in [2.75, 3.05) is 46.2 Å². The van der Waals surface area contributed by atoms with E-state index in [2.05, 4.69) is 5.32 Å². The van der Waals surface area contributed by atoms with Crippen LogP contribution in [0.25, 0.3) is 0 Å². The highest BCUT2D eigenvalue weighted by Gasteiger charge is 2.33. The van der Waals surface area contributed by atoms with Crippen molar-refractivity contribution in [1.82, 2.24) is 5.32 Å². The average Bonchev–Trinajstić information content (AvgIpc) is 2.59. The molecule has 0 heterocycles. The molecule has 11 heteroatoms. The minimum Gasteiger partial charge on any atom is -0.481 e. The number of rotatable bonds is 17. The molecule has 0 aromatic rings. The summed E-state index contributed by atoms with van der Waals surface area (Å²) in [5, 5.41) is 28.7. The van der Waals surface area contributed by atoms with Crippen LogP contribution in [0.4, 0.5) is 0 Å². The molecule has 26 heavy (non-hydrogen) atoms. The number of hydrogen-bond acceptors (Lipinski definition) is 8. The number of carbonyl (C=O) groups excluding carboxylic acids is 2. The lowest BCUT2D eigenvalue weighted by Gasteiger charge is -2.34. The highest BCUT2D eigenvalue weighted by molar-refractivity contribution is 5.77. The first-order valence-electron chi connectivity index (χ1n) is 7.87. The zero-order valence-electron chi connectivity index (χ0n) is 14.3. The normalized spacial score (nSPS) is 11.1. The van der Waals surface area contributed by atoms with Crippen molar-refractivity contribution in [3.05, 3.63) is 0 Å². The molecule has 1 amide bonds. The maximum atomic E-state index is 11.6. The Hall–Kier alpha value is -2.08. The predicted molar refractivity (Wildman–Crippen MR) is 85.6 cm³/mol. The Morgan fingerprint density at radius 2 is 1.35 bits per heavy atom. The third-order valence-corrected chi connectivity index (χ3v) is 2.98. The van der Waals surface area contributed by atoms with Crippen molar-refractivity contribution in [1.29, 1.82) is 0 Å². The molecule has 0 saturated heterocycles. The summed E-state index contributed by atoms with van der Waals surface area (Å²) in [4.78, 5) is 43.1. The second-order valence-corrected chi connectivity index (χ2v) is 5.39. The number of amides is 1. The van der Waals surface area contributed by atoms with Crippen LogP contribution in [-0.2, 0) is 33.4 Å². The highest BCUT2D eigenvalue weighted by atomic mass is 16.5. The summed E-state index contributed by atoms with van der Waals surface area (Å²) < 4.78 is 15.9. The molecule has 0 aliphatic rings. The minimum absolute atomic E-state index is 0.0739. The number of hydrogen-bond donors (Lipinski definition) is 4. The monoisotopic (exact) mass is 379 g/mol. The number of aliphatic hydroxyl groups excluding tert-OH is 1. The molecule has 0 bridgehead atoms. The van der Waals surface area contributed by atoms with E-state index in [9.17, 15) is 19.2 Å². The van der Waals surface area contributed by atoms with Crippen molar-refractivity contribution in [2.24, 2.45) is 0 Å². The van der Waals surface area contributed by atoms with Crippen molar-refractivity contribution < 1.29 is 48.7 Å². The quantitative estimate of drug-likeness (QED) is 0.171. The molecule has 4 N–H and O–H groups in total. The van der Waals surface area contributed by atoms with E-state index in [1.165, 1.54) is 0 Å². The van der Waals surface area contributed by atoms with Gasteiger partial charge in [0.15, 0.2) is 0 Å². The molecule has 0 rings (SSSR count). The lowest BCUT2D eigenvalue weighted by molar-refractivity contribution is -0.140. The maximum absolute atomic E-state index is 11.6. The standard InChI is InChI=1S/C15H25NO10/c17-4-1-5-24-9-15(16-12(19)8-18,10-25-6-2-13(20)21)11-26-7-3-14(22)23/h4,18H,1-3,5-11H2,(H,16,19)(H,20,21)(H,22,23). The number of ether oxygens (including phenoxy) is 3. The molecule has 0 aliphatic heterocycles. The van der Waals surface area contributed by atoms with Crippen LogP contribution in [0.5, 0.6) is 0 Å². The van der Waals surface area contributed by atoms with Crippen LogP contribution in [0.1, 0.15) is 19.3 Å². The largest absolute Gasteiger partial charge is 0.481 e. The molecule has 0 atom stereocenters. The fraction of sp³-hybridized carbons (Fsp3) is 0.733. The van der Waals surface area contributed by atoms with Crippen molar-refractivity contribution in [2.45, 2.75) is 24.8 Å². The summed E-state index contributed by atoms with van der Waals surface area (Å²) in [6.07, 6.45) is 0.274. The van der Waals surface area contributed by atoms with Crippen LogP contribution in [-0.4, -0.2) is 91.2 Å². The number of aliphatic carboxylic acids is 2.